The predicted molar refractivity (Wildman–Crippen MR) is 109 cm³/mol. The highest BCUT2D eigenvalue weighted by Crippen LogP contribution is 2.28. The number of rotatable bonds is 6. The van der Waals surface area contributed by atoms with E-state index in [9.17, 15) is 26.8 Å². The number of nitrogens with one attached hydrogen (secondary N) is 1. The lowest BCUT2D eigenvalue weighted by Crippen LogP contribution is -2.35. The highest BCUT2D eigenvalue weighted by Gasteiger charge is 2.29. The molecule has 0 aromatic heterocycles. The van der Waals surface area contributed by atoms with Crippen molar-refractivity contribution in [1.82, 2.24) is 4.31 Å². The fourth-order valence-electron chi connectivity index (χ4n) is 3.06. The summed E-state index contributed by atoms with van der Waals surface area (Å²) in [5.41, 5.74) is -0.385. The molecule has 0 saturated carbocycles. The van der Waals surface area contributed by atoms with Crippen molar-refractivity contribution >= 4 is 39.2 Å². The van der Waals surface area contributed by atoms with Gasteiger partial charge < -0.3 is 10.1 Å². The quantitative estimate of drug-likeness (QED) is 0.648. The summed E-state index contributed by atoms with van der Waals surface area (Å²) in [6.07, 6.45) is 2.42. The van der Waals surface area contributed by atoms with Gasteiger partial charge >= 0.3 is 5.97 Å². The molecule has 1 amide bonds. The van der Waals surface area contributed by atoms with Crippen LogP contribution in [0.1, 0.15) is 29.6 Å². The summed E-state index contributed by atoms with van der Waals surface area (Å²) in [5, 5.41) is 2.12. The Kier molecular flexibility index (Phi) is 7.24. The number of benzene rings is 2. The summed E-state index contributed by atoms with van der Waals surface area (Å²) in [5.74, 6) is -3.60. The lowest BCUT2D eigenvalue weighted by atomic mass is 10.2. The summed E-state index contributed by atoms with van der Waals surface area (Å²) >= 11 is 6.06. The van der Waals surface area contributed by atoms with E-state index < -0.39 is 40.1 Å². The molecule has 2 aromatic carbocycles. The molecule has 166 valence electrons. The minimum absolute atomic E-state index is 0.0355. The number of esters is 1. The summed E-state index contributed by atoms with van der Waals surface area (Å²) in [7, 11) is -3.89. The largest absolute Gasteiger partial charge is 0.452 e. The van der Waals surface area contributed by atoms with Gasteiger partial charge in [0.05, 0.1) is 16.3 Å². The first-order chi connectivity index (χ1) is 14.7. The fourth-order valence-corrected chi connectivity index (χ4v) is 5.08. The van der Waals surface area contributed by atoms with Gasteiger partial charge in [-0.05, 0) is 43.2 Å². The first-order valence-corrected chi connectivity index (χ1v) is 11.2. The van der Waals surface area contributed by atoms with Gasteiger partial charge in [-0.3, -0.25) is 4.79 Å². The van der Waals surface area contributed by atoms with Gasteiger partial charge in [-0.2, -0.15) is 4.31 Å². The second-order valence-electron chi connectivity index (χ2n) is 6.86. The van der Waals surface area contributed by atoms with E-state index in [4.69, 9.17) is 16.3 Å². The number of piperidine rings is 1. The van der Waals surface area contributed by atoms with E-state index in [2.05, 4.69) is 5.32 Å². The van der Waals surface area contributed by atoms with Crippen LogP contribution in [0.2, 0.25) is 5.02 Å². The maximum Gasteiger partial charge on any atom is 0.338 e. The van der Waals surface area contributed by atoms with E-state index in [-0.39, 0.29) is 21.2 Å². The Hall–Kier alpha value is -2.56. The number of anilines is 1. The molecule has 0 bridgehead atoms. The number of carbonyl (C=O) groups is 2. The van der Waals surface area contributed by atoms with Crippen molar-refractivity contribution in [2.45, 2.75) is 24.2 Å². The molecule has 7 nitrogen and oxygen atoms in total. The highest BCUT2D eigenvalue weighted by molar-refractivity contribution is 7.89. The second-order valence-corrected chi connectivity index (χ2v) is 9.17. The van der Waals surface area contributed by atoms with Crippen LogP contribution < -0.4 is 5.32 Å². The van der Waals surface area contributed by atoms with E-state index in [1.807, 2.05) is 0 Å². The minimum atomic E-state index is -3.89. The van der Waals surface area contributed by atoms with Crippen molar-refractivity contribution in [1.29, 1.82) is 0 Å². The average Bonchev–Trinajstić information content (AvgIpc) is 2.75. The van der Waals surface area contributed by atoms with Crippen LogP contribution in [0.3, 0.4) is 0 Å². The molecule has 1 fully saturated rings. The molecule has 0 unspecified atom stereocenters. The van der Waals surface area contributed by atoms with Gasteiger partial charge in [0.1, 0.15) is 16.5 Å². The minimum Gasteiger partial charge on any atom is -0.452 e. The molecule has 0 atom stereocenters. The number of amides is 1. The van der Waals surface area contributed by atoms with Crippen molar-refractivity contribution in [3.05, 3.63) is 58.6 Å². The molecule has 1 heterocycles. The molecule has 3 rings (SSSR count). The lowest BCUT2D eigenvalue weighted by Gasteiger charge is -2.26. The Morgan fingerprint density at radius 2 is 1.77 bits per heavy atom. The van der Waals surface area contributed by atoms with Gasteiger partial charge in [0.25, 0.3) is 5.91 Å². The molecule has 0 radical (unpaired) electrons. The Bertz CT molecular complexity index is 1100. The zero-order valence-corrected chi connectivity index (χ0v) is 17.8. The van der Waals surface area contributed by atoms with Crippen LogP contribution in [0.15, 0.2) is 41.3 Å². The van der Waals surface area contributed by atoms with Crippen molar-refractivity contribution in [2.24, 2.45) is 0 Å². The molecule has 1 aliphatic heterocycles. The van der Waals surface area contributed by atoms with E-state index in [0.717, 1.165) is 37.5 Å². The van der Waals surface area contributed by atoms with E-state index in [1.54, 1.807) is 0 Å². The third-order valence-corrected chi connectivity index (χ3v) is 7.02. The van der Waals surface area contributed by atoms with Gasteiger partial charge in [0, 0.05) is 19.2 Å². The predicted octanol–water partition coefficient (Wildman–Crippen LogP) is 3.59. The molecule has 2 aromatic rings. The fraction of sp³-hybridized carbons (Fsp3) is 0.300. The molecule has 0 aliphatic carbocycles. The number of hydrogen-bond acceptors (Lipinski definition) is 5. The topological polar surface area (TPSA) is 92.8 Å². The number of sulfonamides is 1. The summed E-state index contributed by atoms with van der Waals surface area (Å²) in [6.45, 7) is -0.0204. The van der Waals surface area contributed by atoms with E-state index >= 15 is 0 Å². The third-order valence-electron chi connectivity index (χ3n) is 4.64. The van der Waals surface area contributed by atoms with Crippen molar-refractivity contribution in [3.63, 3.8) is 0 Å². The zero-order chi connectivity index (χ0) is 22.6. The smallest absolute Gasteiger partial charge is 0.338 e. The monoisotopic (exact) mass is 472 g/mol. The van der Waals surface area contributed by atoms with Crippen LogP contribution in [0.5, 0.6) is 0 Å². The number of hydrogen-bond donors (Lipinski definition) is 1. The summed E-state index contributed by atoms with van der Waals surface area (Å²) < 4.78 is 58.4. The molecule has 31 heavy (non-hydrogen) atoms. The SMILES string of the molecule is O=C(COC(=O)c1ccc(Cl)c(S(=O)(=O)N2CCCCC2)c1)Nc1ccc(F)cc1F. The number of halogens is 3. The summed E-state index contributed by atoms with van der Waals surface area (Å²) in [6, 6.07) is 6.23. The average molecular weight is 473 g/mol. The molecule has 1 saturated heterocycles. The summed E-state index contributed by atoms with van der Waals surface area (Å²) in [4.78, 5) is 24.0. The van der Waals surface area contributed by atoms with Gasteiger partial charge in [0.15, 0.2) is 6.61 Å². The second kappa shape index (κ2) is 9.71. The van der Waals surface area contributed by atoms with Crippen molar-refractivity contribution in [3.8, 4) is 0 Å². The highest BCUT2D eigenvalue weighted by atomic mass is 35.5. The molecule has 11 heteroatoms. The zero-order valence-electron chi connectivity index (χ0n) is 16.2. The van der Waals surface area contributed by atoms with Gasteiger partial charge in [-0.25, -0.2) is 22.0 Å². The molecule has 0 spiro atoms. The van der Waals surface area contributed by atoms with Crippen molar-refractivity contribution < 1.29 is 31.5 Å². The lowest BCUT2D eigenvalue weighted by molar-refractivity contribution is -0.119. The molecule has 1 N–H and O–H groups in total. The number of carbonyl (C=O) groups excluding carboxylic acids is 2. The molecule has 1 aliphatic rings. The van der Waals surface area contributed by atoms with E-state index in [1.165, 1.54) is 16.4 Å². The van der Waals surface area contributed by atoms with Crippen LogP contribution in [-0.2, 0) is 19.6 Å². The number of ether oxygens (including phenoxy) is 1. The standard InChI is InChI=1S/C20H19ClF2N2O5S/c21-15-6-4-13(10-18(15)31(28,29)25-8-2-1-3-9-25)20(27)30-12-19(26)24-17-7-5-14(22)11-16(17)23/h4-7,10-11H,1-3,8-9,12H2,(H,24,26). The third kappa shape index (κ3) is 5.57. The Balaban J connectivity index is 1.68. The van der Waals surface area contributed by atoms with Crippen LogP contribution in [-0.4, -0.2) is 44.3 Å². The van der Waals surface area contributed by atoms with Crippen LogP contribution >= 0.6 is 11.6 Å². The molecular formula is C20H19ClF2N2O5S. The van der Waals surface area contributed by atoms with Crippen LogP contribution in [0.25, 0.3) is 0 Å². The Labute approximate surface area is 183 Å². The first-order valence-electron chi connectivity index (χ1n) is 9.40. The van der Waals surface area contributed by atoms with Gasteiger partial charge in [0.2, 0.25) is 10.0 Å². The van der Waals surface area contributed by atoms with Crippen LogP contribution in [0.4, 0.5) is 14.5 Å². The maximum absolute atomic E-state index is 13.6. The van der Waals surface area contributed by atoms with Gasteiger partial charge in [-0.15, -0.1) is 0 Å². The maximum atomic E-state index is 13.6. The molecular weight excluding hydrogens is 454 g/mol. The van der Waals surface area contributed by atoms with Crippen molar-refractivity contribution in [2.75, 3.05) is 25.0 Å². The first kappa shape index (κ1) is 23.1. The Morgan fingerprint density at radius 1 is 1.06 bits per heavy atom. The van der Waals surface area contributed by atoms with Gasteiger partial charge in [-0.1, -0.05) is 18.0 Å². The Morgan fingerprint density at radius 3 is 2.45 bits per heavy atom. The number of nitrogens with zero attached hydrogens (tertiary/aromatic N) is 1. The van der Waals surface area contributed by atoms with Crippen LogP contribution in [0, 0.1) is 11.6 Å². The normalized spacial score (nSPS) is 14.8. The van der Waals surface area contributed by atoms with E-state index in [0.29, 0.717) is 19.2 Å².